The predicted molar refractivity (Wildman–Crippen MR) is 97.7 cm³/mol. The molecule has 0 spiro atoms. The molecule has 2 aromatic heterocycles. The van der Waals surface area contributed by atoms with Gasteiger partial charge in [0, 0.05) is 32.6 Å². The summed E-state index contributed by atoms with van der Waals surface area (Å²) >= 11 is 0. The number of para-hydroxylation sites is 1. The lowest BCUT2D eigenvalue weighted by molar-refractivity contribution is 0.629. The van der Waals surface area contributed by atoms with Crippen molar-refractivity contribution in [3.05, 3.63) is 80.9 Å². The summed E-state index contributed by atoms with van der Waals surface area (Å²) in [5, 5.41) is 1.80. The van der Waals surface area contributed by atoms with E-state index in [9.17, 15) is 14.0 Å². The zero-order chi connectivity index (χ0) is 17.1. The van der Waals surface area contributed by atoms with Gasteiger partial charge in [-0.05, 0) is 42.5 Å². The zero-order valence-corrected chi connectivity index (χ0v) is 12.9. The smallest absolute Gasteiger partial charge is 0.197 e. The number of hydrogen-bond donors (Lipinski definition) is 2. The number of aromatic nitrogens is 2. The van der Waals surface area contributed by atoms with Crippen LogP contribution in [0.15, 0.2) is 64.2 Å². The number of rotatable bonds is 0. The summed E-state index contributed by atoms with van der Waals surface area (Å²) in [5.41, 5.74) is 2.03. The Labute approximate surface area is 139 Å². The molecule has 2 N–H and O–H groups in total. The first-order chi connectivity index (χ1) is 12.1. The van der Waals surface area contributed by atoms with E-state index in [1.807, 2.05) is 18.2 Å². The highest BCUT2D eigenvalue weighted by Crippen LogP contribution is 2.21. The van der Waals surface area contributed by atoms with Gasteiger partial charge in [-0.2, -0.15) is 0 Å². The molecule has 0 saturated carbocycles. The zero-order valence-electron chi connectivity index (χ0n) is 12.9. The number of H-pyrrole nitrogens is 2. The minimum Gasteiger partial charge on any atom is -0.354 e. The van der Waals surface area contributed by atoms with Crippen molar-refractivity contribution in [1.82, 2.24) is 9.97 Å². The van der Waals surface area contributed by atoms with Crippen LogP contribution in [0.3, 0.4) is 0 Å². The van der Waals surface area contributed by atoms with Gasteiger partial charge in [-0.15, -0.1) is 0 Å². The monoisotopic (exact) mass is 330 g/mol. The van der Waals surface area contributed by atoms with Crippen LogP contribution in [0.1, 0.15) is 0 Å². The van der Waals surface area contributed by atoms with Crippen LogP contribution in [0.4, 0.5) is 4.39 Å². The van der Waals surface area contributed by atoms with Crippen molar-refractivity contribution in [2.24, 2.45) is 0 Å². The van der Waals surface area contributed by atoms with Crippen LogP contribution >= 0.6 is 0 Å². The van der Waals surface area contributed by atoms with Crippen LogP contribution in [0.2, 0.25) is 0 Å². The number of halogens is 1. The average Bonchev–Trinajstić information content (AvgIpc) is 2.62. The first-order valence-corrected chi connectivity index (χ1v) is 7.82. The van der Waals surface area contributed by atoms with Gasteiger partial charge in [0.25, 0.3) is 0 Å². The quantitative estimate of drug-likeness (QED) is 0.424. The molecule has 0 aliphatic carbocycles. The Hall–Kier alpha value is -3.47. The molecular weight excluding hydrogens is 319 g/mol. The highest BCUT2D eigenvalue weighted by Gasteiger charge is 2.11. The van der Waals surface area contributed by atoms with Crippen molar-refractivity contribution in [3.8, 4) is 0 Å². The van der Waals surface area contributed by atoms with Crippen LogP contribution < -0.4 is 10.9 Å². The first-order valence-electron chi connectivity index (χ1n) is 7.82. The Bertz CT molecular complexity index is 1450. The van der Waals surface area contributed by atoms with E-state index in [2.05, 4.69) is 9.97 Å². The third-order valence-corrected chi connectivity index (χ3v) is 4.58. The summed E-state index contributed by atoms with van der Waals surface area (Å²) in [4.78, 5) is 31.8. The molecule has 0 aliphatic rings. The van der Waals surface area contributed by atoms with Crippen molar-refractivity contribution in [2.75, 3.05) is 0 Å². The largest absolute Gasteiger partial charge is 0.354 e. The number of nitrogens with one attached hydrogen (secondary N) is 2. The molecule has 0 atom stereocenters. The van der Waals surface area contributed by atoms with Crippen LogP contribution in [-0.4, -0.2) is 9.97 Å². The second kappa shape index (κ2) is 4.77. The Morgan fingerprint density at radius 1 is 0.600 bits per heavy atom. The van der Waals surface area contributed by atoms with Crippen LogP contribution in [0.25, 0.3) is 43.6 Å². The summed E-state index contributed by atoms with van der Waals surface area (Å²) < 4.78 is 13.5. The summed E-state index contributed by atoms with van der Waals surface area (Å²) in [6, 6.07) is 14.6. The summed E-state index contributed by atoms with van der Waals surface area (Å²) in [6.45, 7) is 0. The normalized spacial score (nSPS) is 11.7. The maximum Gasteiger partial charge on any atom is 0.197 e. The van der Waals surface area contributed by atoms with Gasteiger partial charge in [0.2, 0.25) is 0 Å². The number of hydrogen-bond acceptors (Lipinski definition) is 2. The van der Waals surface area contributed by atoms with E-state index in [0.29, 0.717) is 38.2 Å². The Kier molecular flexibility index (Phi) is 2.65. The maximum absolute atomic E-state index is 13.5. The summed E-state index contributed by atoms with van der Waals surface area (Å²) in [6.07, 6.45) is 0. The van der Waals surface area contributed by atoms with E-state index < -0.39 is 5.82 Å². The number of fused-ring (bicyclic) bond motifs is 4. The molecule has 0 amide bonds. The SMILES string of the molecule is O=c1c2ccccc2[nH]c2cc3c(=O)c4cc(F)ccc4[nH]c3cc12. The molecule has 0 aliphatic heterocycles. The van der Waals surface area contributed by atoms with Gasteiger partial charge in [-0.25, -0.2) is 4.39 Å². The van der Waals surface area contributed by atoms with E-state index >= 15 is 0 Å². The Morgan fingerprint density at radius 2 is 1.16 bits per heavy atom. The third-order valence-electron chi connectivity index (χ3n) is 4.58. The lowest BCUT2D eigenvalue weighted by Crippen LogP contribution is -2.08. The molecule has 5 rings (SSSR count). The number of aromatic amines is 2. The highest BCUT2D eigenvalue weighted by atomic mass is 19.1. The second-order valence-corrected chi connectivity index (χ2v) is 6.09. The Morgan fingerprint density at radius 3 is 1.88 bits per heavy atom. The maximum atomic E-state index is 13.5. The molecule has 0 fully saturated rings. The van der Waals surface area contributed by atoms with Crippen molar-refractivity contribution < 1.29 is 4.39 Å². The summed E-state index contributed by atoms with van der Waals surface area (Å²) in [7, 11) is 0. The Balaban J connectivity index is 2.02. The van der Waals surface area contributed by atoms with E-state index in [4.69, 9.17) is 0 Å². The lowest BCUT2D eigenvalue weighted by Gasteiger charge is -2.07. The lowest BCUT2D eigenvalue weighted by atomic mass is 10.1. The number of pyridine rings is 2. The fourth-order valence-electron chi connectivity index (χ4n) is 3.37. The van der Waals surface area contributed by atoms with E-state index in [0.717, 1.165) is 0 Å². The molecule has 0 radical (unpaired) electrons. The molecule has 5 heteroatoms. The van der Waals surface area contributed by atoms with Crippen molar-refractivity contribution in [3.63, 3.8) is 0 Å². The van der Waals surface area contributed by atoms with E-state index in [-0.39, 0.29) is 16.2 Å². The van der Waals surface area contributed by atoms with Crippen LogP contribution in [0, 0.1) is 5.82 Å². The van der Waals surface area contributed by atoms with Gasteiger partial charge in [0.05, 0.1) is 11.0 Å². The van der Waals surface area contributed by atoms with Gasteiger partial charge in [-0.3, -0.25) is 9.59 Å². The van der Waals surface area contributed by atoms with E-state index in [1.165, 1.54) is 18.2 Å². The second-order valence-electron chi connectivity index (χ2n) is 6.09. The van der Waals surface area contributed by atoms with E-state index in [1.54, 1.807) is 18.2 Å². The minimum atomic E-state index is -0.461. The first kappa shape index (κ1) is 13.9. The molecule has 4 nitrogen and oxygen atoms in total. The molecule has 120 valence electrons. The van der Waals surface area contributed by atoms with Crippen LogP contribution in [0.5, 0.6) is 0 Å². The molecule has 5 aromatic rings. The molecule has 0 bridgehead atoms. The van der Waals surface area contributed by atoms with Gasteiger partial charge >= 0.3 is 0 Å². The van der Waals surface area contributed by atoms with Gasteiger partial charge in [-0.1, -0.05) is 12.1 Å². The highest BCUT2D eigenvalue weighted by molar-refractivity contribution is 6.02. The molecule has 0 saturated heterocycles. The van der Waals surface area contributed by atoms with Crippen molar-refractivity contribution >= 4 is 43.6 Å². The van der Waals surface area contributed by atoms with Gasteiger partial charge in [0.1, 0.15) is 5.82 Å². The van der Waals surface area contributed by atoms with Crippen molar-refractivity contribution in [1.29, 1.82) is 0 Å². The van der Waals surface area contributed by atoms with Gasteiger partial charge < -0.3 is 9.97 Å². The minimum absolute atomic E-state index is 0.0914. The molecule has 25 heavy (non-hydrogen) atoms. The topological polar surface area (TPSA) is 65.7 Å². The molecule has 3 aromatic carbocycles. The average molecular weight is 330 g/mol. The molecular formula is C20H11FN2O2. The van der Waals surface area contributed by atoms with Crippen molar-refractivity contribution in [2.45, 2.75) is 0 Å². The summed E-state index contributed by atoms with van der Waals surface area (Å²) in [5.74, 6) is -0.461. The van der Waals surface area contributed by atoms with Crippen LogP contribution in [-0.2, 0) is 0 Å². The predicted octanol–water partition coefficient (Wildman–Crippen LogP) is 3.82. The fourth-order valence-corrected chi connectivity index (χ4v) is 3.37. The third kappa shape index (κ3) is 1.92. The molecule has 2 heterocycles. The fraction of sp³-hybridized carbons (Fsp3) is 0. The molecule has 0 unspecified atom stereocenters. The number of benzene rings is 3. The standard InChI is InChI=1S/C20H11FN2O2/c21-10-5-6-16-12(7-10)20(25)14-9-17-13(8-18(14)23-16)19(24)11-3-1-2-4-15(11)22-17/h1-9H,(H,22,24)(H,23,25). The van der Waals surface area contributed by atoms with Gasteiger partial charge in [0.15, 0.2) is 10.9 Å².